The minimum atomic E-state index is -0.0885. The third kappa shape index (κ3) is 3.30. The van der Waals surface area contributed by atoms with Crippen LogP contribution in [0, 0.1) is 0 Å². The fourth-order valence-electron chi connectivity index (χ4n) is 1.93. The molecule has 1 aliphatic rings. The predicted molar refractivity (Wildman–Crippen MR) is 66.8 cm³/mol. The molecule has 0 radical (unpaired) electrons. The zero-order valence-electron chi connectivity index (χ0n) is 9.91. The van der Waals surface area contributed by atoms with E-state index in [0.717, 1.165) is 13.2 Å². The van der Waals surface area contributed by atoms with Crippen molar-refractivity contribution in [2.24, 2.45) is 0 Å². The lowest BCUT2D eigenvalue weighted by atomic mass is 10.1. The molecule has 0 N–H and O–H groups in total. The van der Waals surface area contributed by atoms with Crippen LogP contribution in [0.2, 0.25) is 0 Å². The topological polar surface area (TPSA) is 18.5 Å². The average molecular weight is 240 g/mol. The van der Waals surface area contributed by atoms with E-state index in [1.807, 2.05) is 0 Å². The predicted octanol–water partition coefficient (Wildman–Crippen LogP) is 3.92. The molecule has 2 nitrogen and oxygen atoms in total. The maximum absolute atomic E-state index is 5.48. The molecule has 2 rings (SSSR count). The molecule has 0 bridgehead atoms. The summed E-state index contributed by atoms with van der Waals surface area (Å²) in [4.78, 5) is 1.22. The van der Waals surface area contributed by atoms with Crippen LogP contribution in [-0.2, 0) is 15.9 Å². The van der Waals surface area contributed by atoms with E-state index < -0.39 is 0 Å². The molecule has 0 atom stereocenters. The summed E-state index contributed by atoms with van der Waals surface area (Å²) in [6.07, 6.45) is 6.41. The summed E-state index contributed by atoms with van der Waals surface area (Å²) in [6.45, 7) is 3.71. The summed E-state index contributed by atoms with van der Waals surface area (Å²) in [6, 6.07) is 2.24. The van der Waals surface area contributed by atoms with Gasteiger partial charge in [0.2, 0.25) is 0 Å². The van der Waals surface area contributed by atoms with Crippen LogP contribution in [0.15, 0.2) is 11.4 Å². The summed E-state index contributed by atoms with van der Waals surface area (Å²) in [5.41, 5.74) is 1.44. The van der Waals surface area contributed by atoms with Crippen molar-refractivity contribution in [1.82, 2.24) is 0 Å². The highest BCUT2D eigenvalue weighted by atomic mass is 32.1. The first-order chi connectivity index (χ1) is 7.90. The van der Waals surface area contributed by atoms with Gasteiger partial charge in [-0.15, -0.1) is 11.3 Å². The molecule has 3 heteroatoms. The molecular formula is C13H20O2S. The third-order valence-electron chi connectivity index (χ3n) is 2.85. The lowest BCUT2D eigenvalue weighted by Crippen LogP contribution is -1.94. The van der Waals surface area contributed by atoms with Crippen LogP contribution in [-0.4, -0.2) is 13.2 Å². The van der Waals surface area contributed by atoms with Crippen molar-refractivity contribution in [3.05, 3.63) is 21.9 Å². The average Bonchev–Trinajstić information content (AvgIpc) is 2.94. The smallest absolute Gasteiger partial charge is 0.193 e. The molecule has 2 heterocycles. The molecule has 1 saturated heterocycles. The fourth-order valence-corrected chi connectivity index (χ4v) is 2.87. The molecule has 0 aromatic carbocycles. The van der Waals surface area contributed by atoms with Crippen LogP contribution < -0.4 is 0 Å². The largest absolute Gasteiger partial charge is 0.345 e. The first kappa shape index (κ1) is 12.1. The molecule has 1 aliphatic heterocycles. The normalized spacial score (nSPS) is 17.1. The Kier molecular flexibility index (Phi) is 4.82. The van der Waals surface area contributed by atoms with Gasteiger partial charge in [-0.2, -0.15) is 0 Å². The van der Waals surface area contributed by atoms with E-state index in [2.05, 4.69) is 18.4 Å². The summed E-state index contributed by atoms with van der Waals surface area (Å²) < 4.78 is 11.0. The Balaban J connectivity index is 1.77. The quantitative estimate of drug-likeness (QED) is 0.702. The summed E-state index contributed by atoms with van der Waals surface area (Å²) in [5.74, 6) is 0. The molecule has 1 fully saturated rings. The minimum absolute atomic E-state index is 0.0885. The number of aryl methyl sites for hydroxylation is 1. The maximum atomic E-state index is 5.48. The van der Waals surface area contributed by atoms with Gasteiger partial charge in [-0.25, -0.2) is 0 Å². The molecule has 0 unspecified atom stereocenters. The monoisotopic (exact) mass is 240 g/mol. The van der Waals surface area contributed by atoms with E-state index in [1.165, 1.54) is 42.5 Å². The standard InChI is InChI=1S/C13H20O2S/c1-2-3-4-5-6-11-9-12(16-10-11)13-14-7-8-15-13/h9-10,13H,2-8H2,1H3. The van der Waals surface area contributed by atoms with E-state index in [4.69, 9.17) is 9.47 Å². The Bertz CT molecular complexity index is 303. The van der Waals surface area contributed by atoms with Gasteiger partial charge in [-0.1, -0.05) is 26.2 Å². The first-order valence-electron chi connectivity index (χ1n) is 6.20. The van der Waals surface area contributed by atoms with Crippen molar-refractivity contribution in [3.63, 3.8) is 0 Å². The van der Waals surface area contributed by atoms with Gasteiger partial charge in [0.25, 0.3) is 0 Å². The van der Waals surface area contributed by atoms with Gasteiger partial charge in [-0.05, 0) is 29.9 Å². The Morgan fingerprint density at radius 2 is 2.06 bits per heavy atom. The van der Waals surface area contributed by atoms with E-state index in [9.17, 15) is 0 Å². The lowest BCUT2D eigenvalue weighted by Gasteiger charge is -2.04. The Labute approximate surface area is 102 Å². The van der Waals surface area contributed by atoms with Crippen molar-refractivity contribution in [2.45, 2.75) is 45.3 Å². The number of rotatable bonds is 6. The highest BCUT2D eigenvalue weighted by molar-refractivity contribution is 7.10. The van der Waals surface area contributed by atoms with Gasteiger partial charge in [0.15, 0.2) is 6.29 Å². The van der Waals surface area contributed by atoms with Crippen molar-refractivity contribution in [2.75, 3.05) is 13.2 Å². The molecule has 1 aromatic heterocycles. The maximum Gasteiger partial charge on any atom is 0.193 e. The number of thiophene rings is 1. The van der Waals surface area contributed by atoms with Crippen LogP contribution in [0.4, 0.5) is 0 Å². The molecule has 1 aromatic rings. The van der Waals surface area contributed by atoms with Gasteiger partial charge in [0.1, 0.15) is 0 Å². The van der Waals surface area contributed by atoms with Gasteiger partial charge in [0, 0.05) is 0 Å². The molecule has 0 saturated carbocycles. The Morgan fingerprint density at radius 1 is 1.25 bits per heavy atom. The van der Waals surface area contributed by atoms with E-state index >= 15 is 0 Å². The van der Waals surface area contributed by atoms with Crippen LogP contribution in [0.3, 0.4) is 0 Å². The fraction of sp³-hybridized carbons (Fsp3) is 0.692. The van der Waals surface area contributed by atoms with E-state index in [1.54, 1.807) is 11.3 Å². The SMILES string of the molecule is CCCCCCc1csc(C2OCCO2)c1. The summed E-state index contributed by atoms with van der Waals surface area (Å²) in [7, 11) is 0. The second-order valence-corrected chi connectivity index (χ2v) is 5.18. The zero-order valence-corrected chi connectivity index (χ0v) is 10.7. The summed E-state index contributed by atoms with van der Waals surface area (Å²) >= 11 is 1.76. The zero-order chi connectivity index (χ0) is 11.2. The van der Waals surface area contributed by atoms with Gasteiger partial charge < -0.3 is 9.47 Å². The lowest BCUT2D eigenvalue weighted by molar-refractivity contribution is -0.0413. The highest BCUT2D eigenvalue weighted by Crippen LogP contribution is 2.29. The second kappa shape index (κ2) is 6.38. The number of unbranched alkanes of at least 4 members (excludes halogenated alkanes) is 3. The van der Waals surface area contributed by atoms with Gasteiger partial charge in [-0.3, -0.25) is 0 Å². The second-order valence-electron chi connectivity index (χ2n) is 4.24. The van der Waals surface area contributed by atoms with Crippen molar-refractivity contribution < 1.29 is 9.47 Å². The first-order valence-corrected chi connectivity index (χ1v) is 7.08. The van der Waals surface area contributed by atoms with Crippen LogP contribution in [0.5, 0.6) is 0 Å². The van der Waals surface area contributed by atoms with Gasteiger partial charge >= 0.3 is 0 Å². The minimum Gasteiger partial charge on any atom is -0.345 e. The highest BCUT2D eigenvalue weighted by Gasteiger charge is 2.19. The molecule has 0 amide bonds. The van der Waals surface area contributed by atoms with E-state index in [0.29, 0.717) is 0 Å². The summed E-state index contributed by atoms with van der Waals surface area (Å²) in [5, 5.41) is 2.24. The molecule has 0 aliphatic carbocycles. The van der Waals surface area contributed by atoms with Crippen molar-refractivity contribution >= 4 is 11.3 Å². The number of hydrogen-bond acceptors (Lipinski definition) is 3. The third-order valence-corrected chi connectivity index (χ3v) is 3.85. The van der Waals surface area contributed by atoms with Crippen molar-refractivity contribution in [1.29, 1.82) is 0 Å². The van der Waals surface area contributed by atoms with Crippen LogP contribution >= 0.6 is 11.3 Å². The van der Waals surface area contributed by atoms with Crippen LogP contribution in [0.25, 0.3) is 0 Å². The van der Waals surface area contributed by atoms with Crippen LogP contribution in [0.1, 0.15) is 49.3 Å². The van der Waals surface area contributed by atoms with Crippen molar-refractivity contribution in [3.8, 4) is 0 Å². The molecular weight excluding hydrogens is 220 g/mol. The Hall–Kier alpha value is -0.380. The Morgan fingerprint density at radius 3 is 2.81 bits per heavy atom. The van der Waals surface area contributed by atoms with E-state index in [-0.39, 0.29) is 6.29 Å². The molecule has 0 spiro atoms. The number of ether oxygens (including phenoxy) is 2. The van der Waals surface area contributed by atoms with Gasteiger partial charge in [0.05, 0.1) is 18.1 Å². The molecule has 90 valence electrons. The number of hydrogen-bond donors (Lipinski definition) is 0. The molecule has 16 heavy (non-hydrogen) atoms.